The first-order valence-corrected chi connectivity index (χ1v) is 5.98. The Morgan fingerprint density at radius 3 is 2.65 bits per heavy atom. The number of rotatable bonds is 2. The van der Waals surface area contributed by atoms with Gasteiger partial charge in [0.05, 0.1) is 5.56 Å². The van der Waals surface area contributed by atoms with Gasteiger partial charge in [-0.15, -0.1) is 0 Å². The molecule has 1 aliphatic rings. The third-order valence-corrected chi connectivity index (χ3v) is 2.88. The summed E-state index contributed by atoms with van der Waals surface area (Å²) in [5.74, 6) is -1.18. The molecule has 2 rings (SSSR count). The maximum atomic E-state index is 12.6. The minimum atomic E-state index is -4.56. The van der Waals surface area contributed by atoms with Gasteiger partial charge in [0.15, 0.2) is 0 Å². The van der Waals surface area contributed by atoms with Gasteiger partial charge in [0.2, 0.25) is 11.8 Å². The largest absolute Gasteiger partial charge is 0.416 e. The van der Waals surface area contributed by atoms with Crippen molar-refractivity contribution in [3.63, 3.8) is 0 Å². The van der Waals surface area contributed by atoms with Gasteiger partial charge in [-0.25, -0.2) is 4.98 Å². The quantitative estimate of drug-likeness (QED) is 0.647. The average molecular weight is 308 g/mol. The summed E-state index contributed by atoms with van der Waals surface area (Å²) in [6, 6.07) is 0.632. The number of amides is 2. The first-order valence-electron chi connectivity index (χ1n) is 5.61. The average Bonchev–Trinajstić information content (AvgIpc) is 2.31. The molecule has 5 nitrogen and oxygen atoms in total. The topological polar surface area (TPSA) is 71.1 Å². The number of nitrogens with zero attached hydrogens (tertiary/aromatic N) is 1. The zero-order chi connectivity index (χ0) is 14.9. The van der Waals surface area contributed by atoms with Gasteiger partial charge in [-0.1, -0.05) is 11.6 Å². The van der Waals surface area contributed by atoms with Crippen molar-refractivity contribution in [3.05, 3.63) is 22.8 Å². The van der Waals surface area contributed by atoms with Crippen LogP contribution in [0.1, 0.15) is 18.4 Å². The minimum absolute atomic E-state index is 0.107. The first-order chi connectivity index (χ1) is 9.25. The molecule has 20 heavy (non-hydrogen) atoms. The molecule has 1 fully saturated rings. The van der Waals surface area contributed by atoms with Gasteiger partial charge in [0.1, 0.15) is 17.0 Å². The summed E-state index contributed by atoms with van der Waals surface area (Å²) in [6.45, 7) is 0. The summed E-state index contributed by atoms with van der Waals surface area (Å²) in [7, 11) is 0. The van der Waals surface area contributed by atoms with E-state index in [0.717, 1.165) is 6.07 Å². The zero-order valence-electron chi connectivity index (χ0n) is 9.92. The Hall–Kier alpha value is -1.83. The molecule has 1 atom stereocenters. The third kappa shape index (κ3) is 3.38. The van der Waals surface area contributed by atoms with Crippen LogP contribution >= 0.6 is 11.6 Å². The van der Waals surface area contributed by atoms with Crippen molar-refractivity contribution in [3.8, 4) is 0 Å². The Bertz CT molecular complexity index is 562. The lowest BCUT2D eigenvalue weighted by Crippen LogP contribution is -2.47. The van der Waals surface area contributed by atoms with Crippen LogP contribution in [0.25, 0.3) is 0 Å². The normalized spacial score (nSPS) is 19.7. The van der Waals surface area contributed by atoms with Crippen LogP contribution in [0.2, 0.25) is 5.15 Å². The Balaban J connectivity index is 2.19. The van der Waals surface area contributed by atoms with E-state index >= 15 is 0 Å². The predicted molar refractivity (Wildman–Crippen MR) is 64.0 cm³/mol. The Labute approximate surface area is 116 Å². The molecule has 108 valence electrons. The van der Waals surface area contributed by atoms with Gasteiger partial charge in [-0.3, -0.25) is 14.9 Å². The van der Waals surface area contributed by atoms with Crippen molar-refractivity contribution in [1.82, 2.24) is 10.3 Å². The molecule has 1 aliphatic heterocycles. The van der Waals surface area contributed by atoms with Crippen molar-refractivity contribution < 1.29 is 22.8 Å². The highest BCUT2D eigenvalue weighted by Gasteiger charge is 2.32. The summed E-state index contributed by atoms with van der Waals surface area (Å²) in [4.78, 5) is 26.1. The van der Waals surface area contributed by atoms with Crippen molar-refractivity contribution in [2.24, 2.45) is 0 Å². The monoisotopic (exact) mass is 307 g/mol. The van der Waals surface area contributed by atoms with Gasteiger partial charge in [0.25, 0.3) is 0 Å². The van der Waals surface area contributed by atoms with Crippen molar-refractivity contribution in [1.29, 1.82) is 0 Å². The summed E-state index contributed by atoms with van der Waals surface area (Å²) in [5, 5.41) is 4.29. The molecule has 1 unspecified atom stereocenters. The van der Waals surface area contributed by atoms with Crippen LogP contribution in [-0.4, -0.2) is 22.8 Å². The standard InChI is InChI=1S/C11H9ClF3N3O2/c12-7-3-5(11(13,14)15)4-8(17-7)16-6-1-2-9(19)18-10(6)20/h3-4,6H,1-2H2,(H,16,17)(H,18,19,20). The highest BCUT2D eigenvalue weighted by molar-refractivity contribution is 6.29. The number of imide groups is 1. The zero-order valence-corrected chi connectivity index (χ0v) is 10.7. The van der Waals surface area contributed by atoms with E-state index in [0.29, 0.717) is 6.07 Å². The maximum absolute atomic E-state index is 12.6. The molecule has 2 amide bonds. The van der Waals surface area contributed by atoms with E-state index in [1.165, 1.54) is 0 Å². The number of halogens is 4. The molecular formula is C11H9ClF3N3O2. The number of aromatic nitrogens is 1. The fourth-order valence-corrected chi connectivity index (χ4v) is 1.95. The number of alkyl halides is 3. The van der Waals surface area contributed by atoms with Crippen LogP contribution in [0, 0.1) is 0 Å². The molecule has 1 saturated heterocycles. The fourth-order valence-electron chi connectivity index (χ4n) is 1.74. The molecule has 0 radical (unpaired) electrons. The number of piperidine rings is 1. The molecule has 0 aromatic carbocycles. The minimum Gasteiger partial charge on any atom is -0.358 e. The Morgan fingerprint density at radius 1 is 1.35 bits per heavy atom. The van der Waals surface area contributed by atoms with Gasteiger partial charge < -0.3 is 5.32 Å². The first kappa shape index (κ1) is 14.6. The summed E-state index contributed by atoms with van der Waals surface area (Å²) in [6.07, 6.45) is -4.27. The van der Waals surface area contributed by atoms with Crippen LogP contribution in [0.4, 0.5) is 19.0 Å². The van der Waals surface area contributed by atoms with Crippen LogP contribution in [0.5, 0.6) is 0 Å². The lowest BCUT2D eigenvalue weighted by Gasteiger charge is -2.22. The van der Waals surface area contributed by atoms with E-state index in [1.54, 1.807) is 0 Å². The van der Waals surface area contributed by atoms with E-state index in [1.807, 2.05) is 0 Å². The highest BCUT2D eigenvalue weighted by atomic mass is 35.5. The molecule has 1 aromatic heterocycles. The van der Waals surface area contributed by atoms with E-state index < -0.39 is 29.6 Å². The number of carbonyl (C=O) groups is 2. The summed E-state index contributed by atoms with van der Waals surface area (Å²) >= 11 is 5.53. The second-order valence-electron chi connectivity index (χ2n) is 4.21. The third-order valence-electron chi connectivity index (χ3n) is 2.68. The van der Waals surface area contributed by atoms with Crippen LogP contribution < -0.4 is 10.6 Å². The van der Waals surface area contributed by atoms with Crippen molar-refractivity contribution in [2.75, 3.05) is 5.32 Å². The Morgan fingerprint density at radius 2 is 2.05 bits per heavy atom. The molecule has 0 spiro atoms. The van der Waals surface area contributed by atoms with Crippen LogP contribution in [-0.2, 0) is 15.8 Å². The van der Waals surface area contributed by atoms with Crippen molar-refractivity contribution >= 4 is 29.2 Å². The highest BCUT2D eigenvalue weighted by Crippen LogP contribution is 2.32. The smallest absolute Gasteiger partial charge is 0.358 e. The van der Waals surface area contributed by atoms with Crippen LogP contribution in [0.3, 0.4) is 0 Å². The van der Waals surface area contributed by atoms with E-state index in [-0.39, 0.29) is 23.8 Å². The number of pyridine rings is 1. The van der Waals surface area contributed by atoms with Gasteiger partial charge in [-0.05, 0) is 18.6 Å². The number of anilines is 1. The predicted octanol–water partition coefficient (Wildman–Crippen LogP) is 1.97. The van der Waals surface area contributed by atoms with E-state index in [4.69, 9.17) is 11.6 Å². The molecular weight excluding hydrogens is 299 g/mol. The molecule has 9 heteroatoms. The molecule has 0 saturated carbocycles. The van der Waals surface area contributed by atoms with Gasteiger partial charge in [-0.2, -0.15) is 13.2 Å². The van der Waals surface area contributed by atoms with E-state index in [9.17, 15) is 22.8 Å². The number of hydrogen-bond donors (Lipinski definition) is 2. The molecule has 0 bridgehead atoms. The summed E-state index contributed by atoms with van der Waals surface area (Å²) in [5.41, 5.74) is -0.965. The number of hydrogen-bond acceptors (Lipinski definition) is 4. The number of carbonyl (C=O) groups excluding carboxylic acids is 2. The lowest BCUT2D eigenvalue weighted by atomic mass is 10.1. The van der Waals surface area contributed by atoms with Gasteiger partial charge in [0, 0.05) is 6.42 Å². The Kier molecular flexibility index (Phi) is 3.85. The van der Waals surface area contributed by atoms with Crippen LogP contribution in [0.15, 0.2) is 12.1 Å². The maximum Gasteiger partial charge on any atom is 0.416 e. The second kappa shape index (κ2) is 5.28. The van der Waals surface area contributed by atoms with Gasteiger partial charge >= 0.3 is 6.18 Å². The molecule has 2 N–H and O–H groups in total. The molecule has 2 heterocycles. The lowest BCUT2D eigenvalue weighted by molar-refractivity contribution is -0.137. The fraction of sp³-hybridized carbons (Fsp3) is 0.364. The molecule has 0 aliphatic carbocycles. The van der Waals surface area contributed by atoms with E-state index in [2.05, 4.69) is 15.6 Å². The SMILES string of the molecule is O=C1CCC(Nc2cc(C(F)(F)F)cc(Cl)n2)C(=O)N1. The number of nitrogens with one attached hydrogen (secondary N) is 2. The second-order valence-corrected chi connectivity index (χ2v) is 4.60. The molecule has 1 aromatic rings. The summed E-state index contributed by atoms with van der Waals surface area (Å²) < 4.78 is 37.8. The van der Waals surface area contributed by atoms with Crippen molar-refractivity contribution in [2.45, 2.75) is 25.1 Å².